The second kappa shape index (κ2) is 6.39. The van der Waals surface area contributed by atoms with Crippen LogP contribution < -0.4 is 0 Å². The number of likely N-dealkylation sites (N-methyl/N-ethyl adjacent to an activating group) is 1. The third kappa shape index (κ3) is 3.65. The molecule has 0 aromatic carbocycles. The molecule has 0 aromatic rings. The van der Waals surface area contributed by atoms with Gasteiger partial charge in [-0.15, -0.1) is 0 Å². The number of ether oxygens (including phenoxy) is 1. The molecular formula is C11H23NO. The smallest absolute Gasteiger partial charge is 0.0621 e. The molecule has 0 bridgehead atoms. The van der Waals surface area contributed by atoms with E-state index in [2.05, 4.69) is 18.7 Å². The average Bonchev–Trinajstić information content (AvgIpc) is 2.60. The Kier molecular flexibility index (Phi) is 5.40. The fourth-order valence-corrected chi connectivity index (χ4v) is 1.97. The van der Waals surface area contributed by atoms with E-state index in [9.17, 15) is 0 Å². The molecule has 2 nitrogen and oxygen atoms in total. The zero-order chi connectivity index (χ0) is 9.52. The quantitative estimate of drug-likeness (QED) is 0.589. The van der Waals surface area contributed by atoms with Gasteiger partial charge < -0.3 is 4.74 Å². The summed E-state index contributed by atoms with van der Waals surface area (Å²) in [7, 11) is 0. The first kappa shape index (κ1) is 11.0. The predicted molar refractivity (Wildman–Crippen MR) is 56.0 cm³/mol. The number of nitrogens with zero attached hydrogens (tertiary/aromatic N) is 1. The summed E-state index contributed by atoms with van der Waals surface area (Å²) in [4.78, 5) is 2.53. The average molecular weight is 185 g/mol. The van der Waals surface area contributed by atoms with Crippen LogP contribution in [0.5, 0.6) is 0 Å². The fraction of sp³-hybridized carbons (Fsp3) is 1.00. The maximum Gasteiger partial charge on any atom is 0.0621 e. The van der Waals surface area contributed by atoms with Crippen molar-refractivity contribution in [3.63, 3.8) is 0 Å². The highest BCUT2D eigenvalue weighted by atomic mass is 16.5. The van der Waals surface area contributed by atoms with Gasteiger partial charge in [-0.1, -0.05) is 20.3 Å². The summed E-state index contributed by atoms with van der Waals surface area (Å²) < 4.78 is 5.65. The molecule has 1 aliphatic heterocycles. The van der Waals surface area contributed by atoms with Crippen molar-refractivity contribution in [2.24, 2.45) is 0 Å². The van der Waals surface area contributed by atoms with Gasteiger partial charge in [0.2, 0.25) is 0 Å². The highest BCUT2D eigenvalue weighted by Crippen LogP contribution is 2.16. The molecule has 78 valence electrons. The topological polar surface area (TPSA) is 12.5 Å². The van der Waals surface area contributed by atoms with Crippen LogP contribution in [0.25, 0.3) is 0 Å². The summed E-state index contributed by atoms with van der Waals surface area (Å²) in [6.45, 7) is 8.81. The Hall–Kier alpha value is -0.0800. The molecule has 1 aliphatic rings. The van der Waals surface area contributed by atoms with Crippen LogP contribution in [0.1, 0.15) is 39.5 Å². The maximum atomic E-state index is 5.65. The third-order valence-electron chi connectivity index (χ3n) is 2.86. The summed E-state index contributed by atoms with van der Waals surface area (Å²) >= 11 is 0. The van der Waals surface area contributed by atoms with Crippen LogP contribution in [0.3, 0.4) is 0 Å². The molecule has 1 heterocycles. The third-order valence-corrected chi connectivity index (χ3v) is 2.86. The second-order valence-corrected chi connectivity index (χ2v) is 3.85. The summed E-state index contributed by atoms with van der Waals surface area (Å²) in [5, 5.41) is 0. The molecule has 0 saturated carbocycles. The van der Waals surface area contributed by atoms with Crippen molar-refractivity contribution >= 4 is 0 Å². The molecular weight excluding hydrogens is 162 g/mol. The fourth-order valence-electron chi connectivity index (χ4n) is 1.97. The standard InChI is InChI=1S/C11H23NO/c1-3-5-9-13-10-11-7-6-8-12(11)4-2/h11H,3-10H2,1-2H3. The minimum absolute atomic E-state index is 0.710. The summed E-state index contributed by atoms with van der Waals surface area (Å²) in [6, 6.07) is 0.710. The first-order valence-corrected chi connectivity index (χ1v) is 5.70. The Labute approximate surface area is 82.3 Å². The predicted octanol–water partition coefficient (Wildman–Crippen LogP) is 2.29. The van der Waals surface area contributed by atoms with Gasteiger partial charge in [-0.3, -0.25) is 4.90 Å². The Morgan fingerprint density at radius 2 is 2.23 bits per heavy atom. The molecule has 0 aromatic heterocycles. The van der Waals surface area contributed by atoms with Gasteiger partial charge in [0.1, 0.15) is 0 Å². The van der Waals surface area contributed by atoms with Crippen LogP contribution in [0, 0.1) is 0 Å². The highest BCUT2D eigenvalue weighted by Gasteiger charge is 2.22. The van der Waals surface area contributed by atoms with Crippen LogP contribution >= 0.6 is 0 Å². The van der Waals surface area contributed by atoms with Crippen molar-refractivity contribution < 1.29 is 4.74 Å². The zero-order valence-electron chi connectivity index (χ0n) is 9.09. The van der Waals surface area contributed by atoms with E-state index in [0.717, 1.165) is 13.2 Å². The van der Waals surface area contributed by atoms with Gasteiger partial charge in [-0.05, 0) is 32.4 Å². The molecule has 1 fully saturated rings. The van der Waals surface area contributed by atoms with Crippen molar-refractivity contribution in [3.8, 4) is 0 Å². The van der Waals surface area contributed by atoms with E-state index in [0.29, 0.717) is 6.04 Å². The number of hydrogen-bond acceptors (Lipinski definition) is 2. The van der Waals surface area contributed by atoms with Crippen molar-refractivity contribution in [1.29, 1.82) is 0 Å². The molecule has 0 radical (unpaired) electrons. The van der Waals surface area contributed by atoms with Crippen molar-refractivity contribution in [2.45, 2.75) is 45.6 Å². The maximum absolute atomic E-state index is 5.65. The van der Waals surface area contributed by atoms with Crippen molar-refractivity contribution in [2.75, 3.05) is 26.3 Å². The lowest BCUT2D eigenvalue weighted by molar-refractivity contribution is 0.0772. The molecule has 1 saturated heterocycles. The molecule has 0 N–H and O–H groups in total. The Bertz CT molecular complexity index is 127. The molecule has 1 rings (SSSR count). The monoisotopic (exact) mass is 185 g/mol. The Morgan fingerprint density at radius 3 is 2.92 bits per heavy atom. The van der Waals surface area contributed by atoms with E-state index in [4.69, 9.17) is 4.74 Å². The van der Waals surface area contributed by atoms with Crippen molar-refractivity contribution in [1.82, 2.24) is 4.90 Å². The highest BCUT2D eigenvalue weighted by molar-refractivity contribution is 4.77. The van der Waals surface area contributed by atoms with E-state index in [1.165, 1.54) is 38.8 Å². The van der Waals surface area contributed by atoms with Gasteiger partial charge >= 0.3 is 0 Å². The first-order valence-electron chi connectivity index (χ1n) is 5.70. The van der Waals surface area contributed by atoms with Gasteiger partial charge in [0.15, 0.2) is 0 Å². The van der Waals surface area contributed by atoms with Gasteiger partial charge in [-0.25, -0.2) is 0 Å². The Morgan fingerprint density at radius 1 is 1.38 bits per heavy atom. The molecule has 1 unspecified atom stereocenters. The van der Waals surface area contributed by atoms with E-state index >= 15 is 0 Å². The van der Waals surface area contributed by atoms with Gasteiger partial charge in [0.25, 0.3) is 0 Å². The number of unbranched alkanes of at least 4 members (excludes halogenated alkanes) is 1. The number of likely N-dealkylation sites (tertiary alicyclic amines) is 1. The first-order chi connectivity index (χ1) is 6.38. The second-order valence-electron chi connectivity index (χ2n) is 3.85. The molecule has 2 heteroatoms. The van der Waals surface area contributed by atoms with E-state index in [-0.39, 0.29) is 0 Å². The van der Waals surface area contributed by atoms with Gasteiger partial charge in [0.05, 0.1) is 6.61 Å². The van der Waals surface area contributed by atoms with Crippen LogP contribution in [0.15, 0.2) is 0 Å². The van der Waals surface area contributed by atoms with Gasteiger partial charge in [0, 0.05) is 12.6 Å². The van der Waals surface area contributed by atoms with E-state index < -0.39 is 0 Å². The number of hydrogen-bond donors (Lipinski definition) is 0. The lowest BCUT2D eigenvalue weighted by Gasteiger charge is -2.22. The Balaban J connectivity index is 2.06. The SMILES string of the molecule is CCCCOCC1CCCN1CC. The summed E-state index contributed by atoms with van der Waals surface area (Å²) in [5.74, 6) is 0. The lowest BCUT2D eigenvalue weighted by atomic mass is 10.2. The summed E-state index contributed by atoms with van der Waals surface area (Å²) in [6.07, 6.45) is 5.14. The van der Waals surface area contributed by atoms with Crippen molar-refractivity contribution in [3.05, 3.63) is 0 Å². The minimum atomic E-state index is 0.710. The minimum Gasteiger partial charge on any atom is -0.380 e. The zero-order valence-corrected chi connectivity index (χ0v) is 9.09. The molecule has 13 heavy (non-hydrogen) atoms. The molecule has 0 amide bonds. The van der Waals surface area contributed by atoms with Crippen LogP contribution in [0.2, 0.25) is 0 Å². The van der Waals surface area contributed by atoms with Gasteiger partial charge in [-0.2, -0.15) is 0 Å². The summed E-state index contributed by atoms with van der Waals surface area (Å²) in [5.41, 5.74) is 0. The lowest BCUT2D eigenvalue weighted by Crippen LogP contribution is -2.32. The number of rotatable bonds is 6. The van der Waals surface area contributed by atoms with Crippen LogP contribution in [-0.4, -0.2) is 37.2 Å². The van der Waals surface area contributed by atoms with E-state index in [1.807, 2.05) is 0 Å². The molecule has 0 spiro atoms. The molecule has 0 aliphatic carbocycles. The molecule has 1 atom stereocenters. The van der Waals surface area contributed by atoms with Crippen LogP contribution in [-0.2, 0) is 4.74 Å². The van der Waals surface area contributed by atoms with E-state index in [1.54, 1.807) is 0 Å². The largest absolute Gasteiger partial charge is 0.380 e. The van der Waals surface area contributed by atoms with Crippen LogP contribution in [0.4, 0.5) is 0 Å². The normalized spacial score (nSPS) is 24.0.